The molecule has 0 N–H and O–H groups in total. The molecule has 0 aliphatic rings. The van der Waals surface area contributed by atoms with Gasteiger partial charge in [-0.1, -0.05) is 18.2 Å². The van der Waals surface area contributed by atoms with Crippen LogP contribution in [0.15, 0.2) is 78.0 Å². The first-order valence-electron chi connectivity index (χ1n) is 11.0. The van der Waals surface area contributed by atoms with Crippen molar-refractivity contribution < 1.29 is 17.9 Å². The quantitative estimate of drug-likeness (QED) is 0.338. The Hall–Kier alpha value is -3.65. The van der Waals surface area contributed by atoms with Crippen molar-refractivity contribution in [2.24, 2.45) is 0 Å². The third kappa shape index (κ3) is 6.02. The van der Waals surface area contributed by atoms with Crippen molar-refractivity contribution in [1.29, 1.82) is 0 Å². The van der Waals surface area contributed by atoms with Gasteiger partial charge in [0.1, 0.15) is 29.7 Å². The van der Waals surface area contributed by atoms with E-state index in [0.717, 1.165) is 22.2 Å². The summed E-state index contributed by atoms with van der Waals surface area (Å²) >= 11 is 0. The summed E-state index contributed by atoms with van der Waals surface area (Å²) in [5, 5.41) is 1.02. The Morgan fingerprint density at radius 1 is 0.971 bits per heavy atom. The van der Waals surface area contributed by atoms with Crippen LogP contribution in [0.3, 0.4) is 0 Å². The maximum absolute atomic E-state index is 12.7. The predicted molar refractivity (Wildman–Crippen MR) is 129 cm³/mol. The van der Waals surface area contributed by atoms with Crippen molar-refractivity contribution in [1.82, 2.24) is 15.0 Å². The van der Waals surface area contributed by atoms with Crippen LogP contribution in [0.5, 0.6) is 5.75 Å². The molecule has 4 rings (SSSR count). The number of benzene rings is 2. The summed E-state index contributed by atoms with van der Waals surface area (Å²) in [5.41, 5.74) is 2.81. The number of sulfone groups is 1. The lowest BCUT2D eigenvalue weighted by Crippen LogP contribution is -2.16. The number of para-hydroxylation sites is 1. The van der Waals surface area contributed by atoms with Gasteiger partial charge in [-0.25, -0.2) is 18.4 Å². The highest BCUT2D eigenvalue weighted by molar-refractivity contribution is 7.92. The molecule has 0 bridgehead atoms. The largest absolute Gasteiger partial charge is 0.489 e. The van der Waals surface area contributed by atoms with E-state index >= 15 is 0 Å². The number of fused-ring (bicyclic) bond motifs is 1. The van der Waals surface area contributed by atoms with Gasteiger partial charge in [0.15, 0.2) is 9.84 Å². The van der Waals surface area contributed by atoms with Gasteiger partial charge in [-0.05, 0) is 55.8 Å². The molecule has 0 atom stereocenters. The molecule has 2 aromatic carbocycles. The zero-order valence-corrected chi connectivity index (χ0v) is 19.7. The van der Waals surface area contributed by atoms with Crippen LogP contribution in [-0.2, 0) is 27.7 Å². The fourth-order valence-electron chi connectivity index (χ4n) is 3.69. The van der Waals surface area contributed by atoms with Crippen molar-refractivity contribution in [3.63, 3.8) is 0 Å². The summed E-state index contributed by atoms with van der Waals surface area (Å²) in [6.45, 7) is 2.27. The molecule has 0 spiro atoms. The lowest BCUT2D eigenvalue weighted by Gasteiger charge is -2.11. The number of ether oxygens (including phenoxy) is 1. The lowest BCUT2D eigenvalue weighted by atomic mass is 10.1. The maximum atomic E-state index is 12.7. The van der Waals surface area contributed by atoms with Gasteiger partial charge in [-0.2, -0.15) is 0 Å². The Kier molecular flexibility index (Phi) is 7.27. The minimum Gasteiger partial charge on any atom is -0.489 e. The van der Waals surface area contributed by atoms with Crippen molar-refractivity contribution in [3.05, 3.63) is 90.1 Å². The third-order valence-electron chi connectivity index (χ3n) is 5.33. The molecule has 0 radical (unpaired) electrons. The molecule has 0 aliphatic heterocycles. The molecular weight excluding hydrogens is 450 g/mol. The summed E-state index contributed by atoms with van der Waals surface area (Å²) < 4.78 is 31.2. The maximum Gasteiger partial charge on any atom is 0.185 e. The van der Waals surface area contributed by atoms with Crippen molar-refractivity contribution in [2.45, 2.75) is 37.7 Å². The van der Waals surface area contributed by atoms with Gasteiger partial charge in [0.2, 0.25) is 0 Å². The van der Waals surface area contributed by atoms with E-state index in [1.165, 1.54) is 12.1 Å². The Morgan fingerprint density at radius 2 is 1.71 bits per heavy atom. The van der Waals surface area contributed by atoms with Crippen molar-refractivity contribution in [3.8, 4) is 5.75 Å². The second-order valence-electron chi connectivity index (χ2n) is 8.02. The van der Waals surface area contributed by atoms with E-state index in [9.17, 15) is 13.2 Å². The summed E-state index contributed by atoms with van der Waals surface area (Å²) in [4.78, 5) is 25.1. The van der Waals surface area contributed by atoms with E-state index in [-0.39, 0.29) is 17.1 Å². The summed E-state index contributed by atoms with van der Waals surface area (Å²) in [7, 11) is -3.72. The number of hydrogen-bond acceptors (Lipinski definition) is 7. The van der Waals surface area contributed by atoms with Gasteiger partial charge >= 0.3 is 0 Å². The molecule has 0 fully saturated rings. The van der Waals surface area contributed by atoms with Gasteiger partial charge in [0.05, 0.1) is 10.4 Å². The van der Waals surface area contributed by atoms with E-state index in [1.807, 2.05) is 37.3 Å². The van der Waals surface area contributed by atoms with Crippen LogP contribution in [0, 0.1) is 6.92 Å². The van der Waals surface area contributed by atoms with E-state index in [0.29, 0.717) is 31.0 Å². The highest BCUT2D eigenvalue weighted by atomic mass is 32.2. The van der Waals surface area contributed by atoms with E-state index in [1.54, 1.807) is 30.6 Å². The lowest BCUT2D eigenvalue weighted by molar-refractivity contribution is -0.116. The van der Waals surface area contributed by atoms with Gasteiger partial charge < -0.3 is 4.74 Å². The number of ketones is 1. The molecule has 0 aliphatic carbocycles. The van der Waals surface area contributed by atoms with Gasteiger partial charge in [-0.15, -0.1) is 0 Å². The van der Waals surface area contributed by atoms with E-state index < -0.39 is 15.6 Å². The molecule has 34 heavy (non-hydrogen) atoms. The van der Waals surface area contributed by atoms with Crippen LogP contribution in [0.2, 0.25) is 0 Å². The SMILES string of the molecule is Cc1cc(COc2ccc(S(=O)(=O)CC(=O)CCCc3ncccn3)cc2)c2ccccc2n1. The smallest absolute Gasteiger partial charge is 0.185 e. The number of Topliss-reactive ketones (excluding diaryl/α,β-unsaturated/α-hetero) is 1. The van der Waals surface area contributed by atoms with Crippen LogP contribution in [0.4, 0.5) is 0 Å². The van der Waals surface area contributed by atoms with Gasteiger partial charge in [0, 0.05) is 41.9 Å². The molecule has 0 amide bonds. The van der Waals surface area contributed by atoms with Crippen LogP contribution in [0.1, 0.15) is 29.9 Å². The number of hydrogen-bond donors (Lipinski definition) is 0. The van der Waals surface area contributed by atoms with Crippen LogP contribution < -0.4 is 4.74 Å². The normalized spacial score (nSPS) is 11.4. The van der Waals surface area contributed by atoms with E-state index in [4.69, 9.17) is 4.74 Å². The molecule has 174 valence electrons. The average Bonchev–Trinajstić information content (AvgIpc) is 2.83. The Bertz CT molecular complexity index is 1390. The molecule has 0 saturated heterocycles. The van der Waals surface area contributed by atoms with E-state index in [2.05, 4.69) is 15.0 Å². The first-order valence-corrected chi connectivity index (χ1v) is 12.6. The highest BCUT2D eigenvalue weighted by Crippen LogP contribution is 2.22. The number of aromatic nitrogens is 3. The molecule has 4 aromatic rings. The highest BCUT2D eigenvalue weighted by Gasteiger charge is 2.19. The molecule has 2 heterocycles. The van der Waals surface area contributed by atoms with Gasteiger partial charge in [0.25, 0.3) is 0 Å². The number of nitrogens with zero attached hydrogens (tertiary/aromatic N) is 3. The molecular formula is C26H25N3O4S. The zero-order valence-electron chi connectivity index (χ0n) is 18.8. The summed E-state index contributed by atoms with van der Waals surface area (Å²) in [6, 6.07) is 17.7. The zero-order chi connectivity index (χ0) is 24.0. The fourth-order valence-corrected chi connectivity index (χ4v) is 4.97. The average molecular weight is 476 g/mol. The second-order valence-corrected chi connectivity index (χ2v) is 10.0. The topological polar surface area (TPSA) is 99.1 Å². The van der Waals surface area contributed by atoms with Crippen LogP contribution in [-0.4, -0.2) is 34.9 Å². The number of carbonyl (C=O) groups excluding carboxylic acids is 1. The minimum atomic E-state index is -3.72. The fraction of sp³-hybridized carbons (Fsp3) is 0.231. The Balaban J connectivity index is 1.34. The Labute approximate surface area is 198 Å². The number of aryl methyl sites for hydroxylation is 2. The number of rotatable bonds is 10. The first-order chi connectivity index (χ1) is 16.4. The summed E-state index contributed by atoms with van der Waals surface area (Å²) in [5.74, 6) is 0.344. The molecule has 7 nitrogen and oxygen atoms in total. The van der Waals surface area contributed by atoms with Crippen LogP contribution in [0.25, 0.3) is 10.9 Å². The number of pyridine rings is 1. The van der Waals surface area contributed by atoms with Gasteiger partial charge in [-0.3, -0.25) is 9.78 Å². The van der Waals surface area contributed by atoms with Crippen molar-refractivity contribution in [2.75, 3.05) is 5.75 Å². The minimum absolute atomic E-state index is 0.102. The van der Waals surface area contributed by atoms with Crippen LogP contribution >= 0.6 is 0 Å². The molecule has 8 heteroatoms. The standard InChI is InChI=1S/C26H25N3O4S/c1-19-16-20(24-7-2-3-8-25(24)29-19)17-33-22-10-12-23(13-11-22)34(31,32)18-21(30)6-4-9-26-27-14-5-15-28-26/h2-3,5,7-8,10-16H,4,6,9,17-18H2,1H3. The second kappa shape index (κ2) is 10.5. The Morgan fingerprint density at radius 3 is 2.47 bits per heavy atom. The monoisotopic (exact) mass is 475 g/mol. The molecule has 0 unspecified atom stereocenters. The number of carbonyl (C=O) groups is 1. The first kappa shape index (κ1) is 23.5. The summed E-state index contributed by atoms with van der Waals surface area (Å²) in [6.07, 6.45) is 4.49. The molecule has 2 aromatic heterocycles. The predicted octanol–water partition coefficient (Wildman–Crippen LogP) is 4.28. The molecule has 0 saturated carbocycles. The third-order valence-corrected chi connectivity index (χ3v) is 7.03. The van der Waals surface area contributed by atoms with Crippen molar-refractivity contribution >= 4 is 26.5 Å².